The van der Waals surface area contributed by atoms with Gasteiger partial charge in [0, 0.05) is 11.6 Å². The largest absolute Gasteiger partial charge is 0.462 e. The van der Waals surface area contributed by atoms with Crippen LogP contribution in [0.15, 0.2) is 12.2 Å². The highest BCUT2D eigenvalue weighted by atomic mass is 16.7. The Kier molecular flexibility index (Phi) is 6.43. The Labute approximate surface area is 107 Å². The fourth-order valence-corrected chi connectivity index (χ4v) is 1.77. The minimum absolute atomic E-state index is 0.0247. The molecule has 18 heavy (non-hydrogen) atoms. The highest BCUT2D eigenvalue weighted by Crippen LogP contribution is 2.17. The van der Waals surface area contributed by atoms with Gasteiger partial charge in [0.05, 0.1) is 6.42 Å². The molecule has 1 aliphatic carbocycles. The van der Waals surface area contributed by atoms with Gasteiger partial charge in [-0.2, -0.15) is 5.48 Å². The Hall–Kier alpha value is -1.36. The van der Waals surface area contributed by atoms with Gasteiger partial charge >= 0.3 is 11.9 Å². The van der Waals surface area contributed by atoms with E-state index in [1.54, 1.807) is 6.92 Å². The molecule has 0 aliphatic heterocycles. The van der Waals surface area contributed by atoms with Crippen LogP contribution in [0.25, 0.3) is 0 Å². The van der Waals surface area contributed by atoms with Crippen LogP contribution in [0.4, 0.5) is 0 Å². The molecule has 1 fully saturated rings. The van der Waals surface area contributed by atoms with Crippen LogP contribution < -0.4 is 5.48 Å². The molecule has 102 valence electrons. The fourth-order valence-electron chi connectivity index (χ4n) is 1.77. The zero-order chi connectivity index (χ0) is 13.4. The van der Waals surface area contributed by atoms with Crippen LogP contribution in [0, 0.1) is 0 Å². The topological polar surface area (TPSA) is 64.6 Å². The van der Waals surface area contributed by atoms with Crippen molar-refractivity contribution in [2.75, 3.05) is 6.61 Å². The maximum absolute atomic E-state index is 11.3. The second-order valence-corrected chi connectivity index (χ2v) is 4.59. The van der Waals surface area contributed by atoms with Gasteiger partial charge in [-0.05, 0) is 19.8 Å². The van der Waals surface area contributed by atoms with Gasteiger partial charge in [0.15, 0.2) is 0 Å². The van der Waals surface area contributed by atoms with E-state index in [1.165, 1.54) is 19.3 Å². The maximum atomic E-state index is 11.3. The van der Waals surface area contributed by atoms with E-state index < -0.39 is 11.9 Å². The zero-order valence-electron chi connectivity index (χ0n) is 10.9. The summed E-state index contributed by atoms with van der Waals surface area (Å²) >= 11 is 0. The third kappa shape index (κ3) is 5.82. The summed E-state index contributed by atoms with van der Waals surface area (Å²) in [6, 6.07) is 0.265. The van der Waals surface area contributed by atoms with Gasteiger partial charge in [-0.15, -0.1) is 0 Å². The van der Waals surface area contributed by atoms with Crippen molar-refractivity contribution < 1.29 is 19.2 Å². The molecule has 1 saturated carbocycles. The molecule has 0 spiro atoms. The van der Waals surface area contributed by atoms with Crippen molar-refractivity contribution in [3.63, 3.8) is 0 Å². The molecule has 0 aromatic heterocycles. The van der Waals surface area contributed by atoms with Crippen molar-refractivity contribution >= 4 is 11.9 Å². The van der Waals surface area contributed by atoms with Crippen LogP contribution in [0.2, 0.25) is 0 Å². The molecule has 0 radical (unpaired) electrons. The zero-order valence-corrected chi connectivity index (χ0v) is 10.9. The number of esters is 1. The van der Waals surface area contributed by atoms with E-state index in [0.717, 1.165) is 12.8 Å². The molecule has 0 bridgehead atoms. The summed E-state index contributed by atoms with van der Waals surface area (Å²) in [5.74, 6) is -0.891. The molecule has 0 atom stereocenters. The maximum Gasteiger partial charge on any atom is 0.333 e. The first kappa shape index (κ1) is 14.7. The van der Waals surface area contributed by atoms with E-state index in [4.69, 9.17) is 9.57 Å². The first-order valence-corrected chi connectivity index (χ1v) is 6.37. The number of carbonyl (C=O) groups excluding carboxylic acids is 2. The lowest BCUT2D eigenvalue weighted by molar-refractivity contribution is -0.155. The second-order valence-electron chi connectivity index (χ2n) is 4.59. The summed E-state index contributed by atoms with van der Waals surface area (Å²) in [4.78, 5) is 27.3. The monoisotopic (exact) mass is 255 g/mol. The minimum Gasteiger partial charge on any atom is -0.462 e. The molecular formula is C13H21NO4. The molecule has 0 amide bonds. The van der Waals surface area contributed by atoms with E-state index in [-0.39, 0.29) is 19.1 Å². The highest BCUT2D eigenvalue weighted by Gasteiger charge is 2.15. The van der Waals surface area contributed by atoms with Gasteiger partial charge in [0.2, 0.25) is 0 Å². The Morgan fingerprint density at radius 2 is 1.94 bits per heavy atom. The van der Waals surface area contributed by atoms with Crippen molar-refractivity contribution in [1.29, 1.82) is 0 Å². The number of nitrogens with one attached hydrogen (secondary N) is 1. The van der Waals surface area contributed by atoms with E-state index in [0.29, 0.717) is 5.57 Å². The van der Waals surface area contributed by atoms with E-state index in [1.807, 2.05) is 0 Å². The molecule has 0 unspecified atom stereocenters. The average molecular weight is 255 g/mol. The van der Waals surface area contributed by atoms with Crippen LogP contribution in [0.3, 0.4) is 0 Å². The molecule has 0 aromatic rings. The van der Waals surface area contributed by atoms with Crippen LogP contribution in [-0.2, 0) is 19.2 Å². The van der Waals surface area contributed by atoms with E-state index in [9.17, 15) is 9.59 Å². The quantitative estimate of drug-likeness (QED) is 0.446. The fraction of sp³-hybridized carbons (Fsp3) is 0.692. The molecule has 0 heterocycles. The molecule has 5 heteroatoms. The number of hydroxylamine groups is 1. The lowest BCUT2D eigenvalue weighted by Gasteiger charge is -2.21. The standard InChI is InChI=1S/C13H21NO4/c1-10(2)13(16)17-9-8-12(15)18-14-11-6-4-3-5-7-11/h11,14H,1,3-9H2,2H3. The highest BCUT2D eigenvalue weighted by molar-refractivity contribution is 5.87. The number of hydrogen-bond acceptors (Lipinski definition) is 5. The SMILES string of the molecule is C=C(C)C(=O)OCCC(=O)ONC1CCCCC1. The summed E-state index contributed by atoms with van der Waals surface area (Å²) in [5, 5.41) is 0. The Balaban J connectivity index is 2.06. The van der Waals surface area contributed by atoms with Gasteiger partial charge in [-0.3, -0.25) is 4.79 Å². The van der Waals surface area contributed by atoms with Gasteiger partial charge in [0.25, 0.3) is 0 Å². The van der Waals surface area contributed by atoms with Crippen LogP contribution in [0.5, 0.6) is 0 Å². The Bertz CT molecular complexity index is 308. The Morgan fingerprint density at radius 1 is 1.28 bits per heavy atom. The molecule has 0 saturated heterocycles. The van der Waals surface area contributed by atoms with Crippen molar-refractivity contribution in [2.45, 2.75) is 51.5 Å². The summed E-state index contributed by atoms with van der Waals surface area (Å²) in [6.45, 7) is 5.03. The van der Waals surface area contributed by atoms with Crippen LogP contribution in [0.1, 0.15) is 45.4 Å². The molecular weight excluding hydrogens is 234 g/mol. The van der Waals surface area contributed by atoms with Gasteiger partial charge < -0.3 is 9.57 Å². The Morgan fingerprint density at radius 3 is 2.56 bits per heavy atom. The number of carbonyl (C=O) groups is 2. The summed E-state index contributed by atoms with van der Waals surface area (Å²) in [5.41, 5.74) is 3.10. The predicted molar refractivity (Wildman–Crippen MR) is 66.5 cm³/mol. The van der Waals surface area contributed by atoms with Crippen LogP contribution >= 0.6 is 0 Å². The first-order valence-electron chi connectivity index (χ1n) is 6.37. The number of hydrogen-bond donors (Lipinski definition) is 1. The summed E-state index contributed by atoms with van der Waals surface area (Å²) < 4.78 is 4.80. The van der Waals surface area contributed by atoms with E-state index in [2.05, 4.69) is 12.1 Å². The van der Waals surface area contributed by atoms with Crippen LogP contribution in [-0.4, -0.2) is 24.6 Å². The van der Waals surface area contributed by atoms with Crippen molar-refractivity contribution in [2.24, 2.45) is 0 Å². The van der Waals surface area contributed by atoms with Crippen molar-refractivity contribution in [1.82, 2.24) is 5.48 Å². The molecule has 1 N–H and O–H groups in total. The number of ether oxygens (including phenoxy) is 1. The predicted octanol–water partition coefficient (Wildman–Crippen LogP) is 1.88. The second kappa shape index (κ2) is 7.87. The summed E-state index contributed by atoms with van der Waals surface area (Å²) in [6.07, 6.45) is 5.73. The lowest BCUT2D eigenvalue weighted by atomic mass is 9.96. The smallest absolute Gasteiger partial charge is 0.333 e. The first-order chi connectivity index (χ1) is 8.59. The third-order valence-electron chi connectivity index (χ3n) is 2.83. The normalized spacial score (nSPS) is 16.1. The minimum atomic E-state index is -0.483. The molecule has 5 nitrogen and oxygen atoms in total. The molecule has 1 aliphatic rings. The van der Waals surface area contributed by atoms with Gasteiger partial charge in [-0.1, -0.05) is 25.8 Å². The number of rotatable bonds is 6. The molecule has 1 rings (SSSR count). The summed E-state index contributed by atoms with van der Waals surface area (Å²) in [7, 11) is 0. The third-order valence-corrected chi connectivity index (χ3v) is 2.83. The van der Waals surface area contributed by atoms with Crippen molar-refractivity contribution in [3.8, 4) is 0 Å². The lowest BCUT2D eigenvalue weighted by Crippen LogP contribution is -2.33. The average Bonchev–Trinajstić information content (AvgIpc) is 2.37. The van der Waals surface area contributed by atoms with E-state index >= 15 is 0 Å². The van der Waals surface area contributed by atoms with Gasteiger partial charge in [0.1, 0.15) is 6.61 Å². The molecule has 0 aromatic carbocycles. The van der Waals surface area contributed by atoms with Gasteiger partial charge in [-0.25, -0.2) is 4.79 Å². The van der Waals surface area contributed by atoms with Crippen molar-refractivity contribution in [3.05, 3.63) is 12.2 Å².